The monoisotopic (exact) mass is 471 g/mol. The molecule has 4 rings (SSSR count). The number of likely N-dealkylation sites (tertiary alicyclic amines) is 1. The van der Waals surface area contributed by atoms with Gasteiger partial charge in [0.15, 0.2) is 0 Å². The number of nitrogens with one attached hydrogen (secondary N) is 2. The highest BCUT2D eigenvalue weighted by Crippen LogP contribution is 2.64. The Morgan fingerprint density at radius 3 is 2.50 bits per heavy atom. The van der Waals surface area contributed by atoms with Crippen LogP contribution in [0.1, 0.15) is 58.4 Å². The number of carbonyl (C=O) groups is 3. The third kappa shape index (κ3) is 3.71. The molecule has 0 radical (unpaired) electrons. The summed E-state index contributed by atoms with van der Waals surface area (Å²) in [5, 5.41) is 16.1. The van der Waals surface area contributed by atoms with E-state index in [1.165, 1.54) is 4.90 Å². The molecule has 3 fully saturated rings. The Hall–Kier alpha value is -2.45. The van der Waals surface area contributed by atoms with E-state index < -0.39 is 35.1 Å². The fraction of sp³-hybridized carbons (Fsp3) is 0.654. The van der Waals surface area contributed by atoms with Crippen molar-refractivity contribution in [1.82, 2.24) is 15.5 Å². The van der Waals surface area contributed by atoms with Crippen LogP contribution in [0.3, 0.4) is 0 Å². The smallest absolute Gasteiger partial charge is 0.246 e. The average Bonchev–Trinajstić information content (AvgIpc) is 3.46. The van der Waals surface area contributed by atoms with Crippen molar-refractivity contribution in [2.45, 2.75) is 82.7 Å². The minimum absolute atomic E-state index is 0.175. The van der Waals surface area contributed by atoms with Crippen molar-refractivity contribution in [3.63, 3.8) is 0 Å². The van der Waals surface area contributed by atoms with Crippen LogP contribution in [0, 0.1) is 11.8 Å². The lowest BCUT2D eigenvalue weighted by molar-refractivity contribution is -0.151. The van der Waals surface area contributed by atoms with E-state index in [2.05, 4.69) is 10.6 Å². The number of hydrogen-bond donors (Lipinski definition) is 3. The number of carbonyl (C=O) groups excluding carboxylic acids is 3. The molecule has 3 heterocycles. The van der Waals surface area contributed by atoms with E-state index in [4.69, 9.17) is 4.74 Å². The van der Waals surface area contributed by atoms with Crippen molar-refractivity contribution in [2.24, 2.45) is 11.8 Å². The van der Waals surface area contributed by atoms with Crippen LogP contribution in [-0.2, 0) is 25.7 Å². The van der Waals surface area contributed by atoms with E-state index in [1.807, 2.05) is 51.1 Å². The predicted molar refractivity (Wildman–Crippen MR) is 126 cm³/mol. The highest BCUT2D eigenvalue weighted by molar-refractivity contribution is 5.99. The van der Waals surface area contributed by atoms with Gasteiger partial charge in [-0.2, -0.15) is 0 Å². The molecule has 3 aliphatic rings. The average molecular weight is 472 g/mol. The molecule has 2 bridgehead atoms. The fourth-order valence-electron chi connectivity index (χ4n) is 6.40. The van der Waals surface area contributed by atoms with Crippen molar-refractivity contribution in [1.29, 1.82) is 0 Å². The first kappa shape index (κ1) is 24.7. The highest BCUT2D eigenvalue weighted by atomic mass is 16.5. The Kier molecular flexibility index (Phi) is 7.01. The summed E-state index contributed by atoms with van der Waals surface area (Å²) in [4.78, 5) is 42.5. The number of aliphatic hydroxyl groups is 1. The van der Waals surface area contributed by atoms with Crippen LogP contribution >= 0.6 is 0 Å². The van der Waals surface area contributed by atoms with Gasteiger partial charge in [0.1, 0.15) is 11.6 Å². The van der Waals surface area contributed by atoms with Crippen LogP contribution in [0.15, 0.2) is 30.3 Å². The van der Waals surface area contributed by atoms with E-state index in [9.17, 15) is 19.5 Å². The highest BCUT2D eigenvalue weighted by Gasteiger charge is 2.79. The van der Waals surface area contributed by atoms with Crippen LogP contribution in [0.5, 0.6) is 0 Å². The van der Waals surface area contributed by atoms with Gasteiger partial charge in [0.2, 0.25) is 17.7 Å². The maximum Gasteiger partial charge on any atom is 0.246 e. The predicted octanol–water partition coefficient (Wildman–Crippen LogP) is 1.75. The third-order valence-corrected chi connectivity index (χ3v) is 8.08. The van der Waals surface area contributed by atoms with Gasteiger partial charge >= 0.3 is 0 Å². The van der Waals surface area contributed by atoms with Crippen molar-refractivity contribution >= 4 is 17.7 Å². The van der Waals surface area contributed by atoms with Crippen LogP contribution in [0.25, 0.3) is 0 Å². The molecule has 1 spiro atoms. The van der Waals surface area contributed by atoms with Crippen LogP contribution in [0.4, 0.5) is 0 Å². The minimum atomic E-state index is -1.06. The molecule has 8 nitrogen and oxygen atoms in total. The van der Waals surface area contributed by atoms with Gasteiger partial charge in [-0.25, -0.2) is 0 Å². The maximum absolute atomic E-state index is 13.9. The quantitative estimate of drug-likeness (QED) is 0.482. The lowest BCUT2D eigenvalue weighted by atomic mass is 9.65. The molecular formula is C26H37N3O5. The van der Waals surface area contributed by atoms with Crippen LogP contribution in [-0.4, -0.2) is 64.2 Å². The Balaban J connectivity index is 1.71. The summed E-state index contributed by atoms with van der Waals surface area (Å²) in [6, 6.07) is 8.19. The topological polar surface area (TPSA) is 108 Å². The normalized spacial score (nSPS) is 32.5. The zero-order valence-electron chi connectivity index (χ0n) is 20.4. The third-order valence-electron chi connectivity index (χ3n) is 8.08. The summed E-state index contributed by atoms with van der Waals surface area (Å²) in [7, 11) is 0. The summed E-state index contributed by atoms with van der Waals surface area (Å²) >= 11 is 0. The minimum Gasteiger partial charge on any atom is -0.394 e. The molecule has 34 heavy (non-hydrogen) atoms. The summed E-state index contributed by atoms with van der Waals surface area (Å²) in [6.07, 6.45) is 3.05. The Labute approximate surface area is 201 Å². The van der Waals surface area contributed by atoms with Crippen molar-refractivity contribution in [3.8, 4) is 0 Å². The van der Waals surface area contributed by atoms with Gasteiger partial charge in [-0.05, 0) is 37.7 Å². The molecular weight excluding hydrogens is 434 g/mol. The first-order valence-electron chi connectivity index (χ1n) is 12.6. The molecule has 3 saturated heterocycles. The van der Waals surface area contributed by atoms with Gasteiger partial charge in [-0.15, -0.1) is 0 Å². The zero-order chi connectivity index (χ0) is 24.5. The molecule has 1 aromatic carbocycles. The van der Waals surface area contributed by atoms with Crippen molar-refractivity contribution in [3.05, 3.63) is 35.9 Å². The lowest BCUT2D eigenvalue weighted by Gasteiger charge is -2.37. The van der Waals surface area contributed by atoms with Crippen LogP contribution < -0.4 is 10.6 Å². The number of benzene rings is 1. The molecule has 0 saturated carbocycles. The molecule has 3 N–H and O–H groups in total. The summed E-state index contributed by atoms with van der Waals surface area (Å²) in [6.45, 7) is 6.46. The fourth-order valence-corrected chi connectivity index (χ4v) is 6.40. The largest absolute Gasteiger partial charge is 0.394 e. The molecule has 3 aliphatic heterocycles. The molecule has 0 aromatic heterocycles. The second-order valence-corrected chi connectivity index (χ2v) is 9.82. The van der Waals surface area contributed by atoms with Gasteiger partial charge in [-0.3, -0.25) is 14.4 Å². The molecule has 8 heteroatoms. The Morgan fingerprint density at radius 1 is 1.15 bits per heavy atom. The number of amides is 3. The van der Waals surface area contributed by atoms with E-state index in [0.29, 0.717) is 38.8 Å². The van der Waals surface area contributed by atoms with Gasteiger partial charge in [0, 0.05) is 13.1 Å². The SMILES string of the molecule is CCCNC(=O)[C@H]1[C@H]2C(=O)N([C@@H](CC)CO)C(C(=O)NCc3ccccc3)C23CC[C@]1(CC)O3. The number of ether oxygens (including phenoxy) is 1. The number of nitrogens with zero attached hydrogens (tertiary/aromatic N) is 1. The molecule has 186 valence electrons. The second kappa shape index (κ2) is 9.66. The second-order valence-electron chi connectivity index (χ2n) is 9.82. The van der Waals surface area contributed by atoms with Crippen molar-refractivity contribution < 1.29 is 24.2 Å². The first-order chi connectivity index (χ1) is 16.4. The molecule has 1 aromatic rings. The molecule has 0 aliphatic carbocycles. The van der Waals surface area contributed by atoms with Gasteiger partial charge < -0.3 is 25.4 Å². The Morgan fingerprint density at radius 2 is 1.88 bits per heavy atom. The van der Waals surface area contributed by atoms with E-state index >= 15 is 0 Å². The number of rotatable bonds is 10. The van der Waals surface area contributed by atoms with E-state index in [1.54, 1.807) is 0 Å². The van der Waals surface area contributed by atoms with E-state index in [0.717, 1.165) is 12.0 Å². The first-order valence-corrected chi connectivity index (χ1v) is 12.6. The molecule has 3 amide bonds. The Bertz CT molecular complexity index is 920. The maximum atomic E-state index is 13.9. The van der Waals surface area contributed by atoms with Gasteiger partial charge in [0.25, 0.3) is 0 Å². The zero-order valence-corrected chi connectivity index (χ0v) is 20.4. The molecule has 2 unspecified atom stereocenters. The summed E-state index contributed by atoms with van der Waals surface area (Å²) < 4.78 is 6.69. The summed E-state index contributed by atoms with van der Waals surface area (Å²) in [5.41, 5.74) is -0.859. The number of hydrogen-bond acceptors (Lipinski definition) is 5. The standard InChI is InChI=1S/C26H37N3O5/c1-4-14-27-22(31)19-20-24(33)29(18(5-2)16-30)21(26(20)13-12-25(19,6-3)34-26)23(32)28-15-17-10-8-7-9-11-17/h7-11,18-21,30H,4-6,12-16H2,1-3H3,(H,27,31)(H,28,32)/t18-,19+,20-,21?,25-,26?/m0/s1. The van der Waals surface area contributed by atoms with Gasteiger partial charge in [-0.1, -0.05) is 51.1 Å². The number of fused-ring (bicyclic) bond motifs is 1. The molecule has 6 atom stereocenters. The lowest BCUT2D eigenvalue weighted by Crippen LogP contribution is -2.57. The van der Waals surface area contributed by atoms with Crippen LogP contribution in [0.2, 0.25) is 0 Å². The summed E-state index contributed by atoms with van der Waals surface area (Å²) in [5.74, 6) is -2.10. The van der Waals surface area contributed by atoms with Crippen molar-refractivity contribution in [2.75, 3.05) is 13.2 Å². The van der Waals surface area contributed by atoms with E-state index in [-0.39, 0.29) is 24.3 Å². The number of aliphatic hydroxyl groups excluding tert-OH is 1. The van der Waals surface area contributed by atoms with Gasteiger partial charge in [0.05, 0.1) is 30.1 Å².